The van der Waals surface area contributed by atoms with E-state index < -0.39 is 21.5 Å². The zero-order valence-electron chi connectivity index (χ0n) is 18.0. The van der Waals surface area contributed by atoms with Gasteiger partial charge in [-0.2, -0.15) is 0 Å². The van der Waals surface area contributed by atoms with Gasteiger partial charge in [-0.1, -0.05) is 13.8 Å². The highest BCUT2D eigenvalue weighted by molar-refractivity contribution is 7.90. The average molecular weight is 407 g/mol. The molecular weight excluding hydrogens is 368 g/mol. The summed E-state index contributed by atoms with van der Waals surface area (Å²) in [7, 11) is -2.99. The van der Waals surface area contributed by atoms with Crippen molar-refractivity contribution in [3.8, 4) is 0 Å². The number of carbonyl (C=O) groups excluding carboxylic acids is 1. The first-order chi connectivity index (χ1) is 12.2. The van der Waals surface area contributed by atoms with E-state index in [9.17, 15) is 13.2 Å². The van der Waals surface area contributed by atoms with Crippen molar-refractivity contribution in [2.45, 2.75) is 72.6 Å². The van der Waals surface area contributed by atoms with Gasteiger partial charge in [0.25, 0.3) is 0 Å². The molecule has 3 N–H and O–H groups in total. The van der Waals surface area contributed by atoms with Gasteiger partial charge >= 0.3 is 6.09 Å². The summed E-state index contributed by atoms with van der Waals surface area (Å²) in [5.74, 6) is 0.886. The molecule has 0 spiro atoms. The Labute approximate surface area is 164 Å². The van der Waals surface area contributed by atoms with Crippen LogP contribution in [0.4, 0.5) is 4.79 Å². The summed E-state index contributed by atoms with van der Waals surface area (Å²) in [5, 5.41) is 9.21. The predicted molar refractivity (Wildman–Crippen MR) is 111 cm³/mol. The molecule has 0 fully saturated rings. The van der Waals surface area contributed by atoms with E-state index in [-0.39, 0.29) is 23.8 Å². The number of ether oxygens (including phenoxy) is 1. The summed E-state index contributed by atoms with van der Waals surface area (Å²) in [4.78, 5) is 16.6. The Hall–Kier alpha value is -1.51. The number of carbonyl (C=O) groups is 1. The third kappa shape index (κ3) is 14.2. The van der Waals surface area contributed by atoms with Gasteiger partial charge in [-0.3, -0.25) is 4.99 Å². The quantitative estimate of drug-likeness (QED) is 0.399. The van der Waals surface area contributed by atoms with Crippen LogP contribution in [0.3, 0.4) is 0 Å². The SMILES string of the molecule is CCNC(=NCC(NC(=O)OC(C)(C)C)C(C)C)NC(C)CCS(C)(=O)=O. The van der Waals surface area contributed by atoms with E-state index in [1.165, 1.54) is 6.26 Å². The van der Waals surface area contributed by atoms with Gasteiger partial charge in [0.05, 0.1) is 18.3 Å². The summed E-state index contributed by atoms with van der Waals surface area (Å²) >= 11 is 0. The highest BCUT2D eigenvalue weighted by Crippen LogP contribution is 2.09. The van der Waals surface area contributed by atoms with Crippen molar-refractivity contribution < 1.29 is 17.9 Å². The number of amides is 1. The van der Waals surface area contributed by atoms with Gasteiger partial charge in [-0.15, -0.1) is 0 Å². The molecule has 0 aliphatic carbocycles. The van der Waals surface area contributed by atoms with E-state index in [1.807, 2.05) is 48.5 Å². The van der Waals surface area contributed by atoms with E-state index in [2.05, 4.69) is 20.9 Å². The van der Waals surface area contributed by atoms with Gasteiger partial charge in [0.1, 0.15) is 15.4 Å². The smallest absolute Gasteiger partial charge is 0.407 e. The zero-order chi connectivity index (χ0) is 21.3. The van der Waals surface area contributed by atoms with Crippen molar-refractivity contribution in [3.63, 3.8) is 0 Å². The lowest BCUT2D eigenvalue weighted by molar-refractivity contribution is 0.0493. The molecule has 0 aromatic carbocycles. The Bertz CT molecular complexity index is 583. The number of rotatable bonds is 9. The van der Waals surface area contributed by atoms with E-state index in [0.29, 0.717) is 25.5 Å². The van der Waals surface area contributed by atoms with Crippen LogP contribution >= 0.6 is 0 Å². The third-order valence-corrected chi connectivity index (χ3v) is 4.58. The van der Waals surface area contributed by atoms with Gasteiger partial charge in [0, 0.05) is 18.8 Å². The first kappa shape index (κ1) is 25.5. The minimum Gasteiger partial charge on any atom is -0.444 e. The maximum atomic E-state index is 12.0. The first-order valence-electron chi connectivity index (χ1n) is 9.45. The molecule has 0 heterocycles. The number of hydrogen-bond acceptors (Lipinski definition) is 5. The van der Waals surface area contributed by atoms with Gasteiger partial charge in [-0.25, -0.2) is 13.2 Å². The largest absolute Gasteiger partial charge is 0.444 e. The van der Waals surface area contributed by atoms with Crippen LogP contribution < -0.4 is 16.0 Å². The van der Waals surface area contributed by atoms with E-state index in [0.717, 1.165) is 0 Å². The highest BCUT2D eigenvalue weighted by atomic mass is 32.2. The fourth-order valence-corrected chi connectivity index (χ4v) is 2.87. The molecule has 0 aliphatic rings. The normalized spacial score (nSPS) is 15.2. The lowest BCUT2D eigenvalue weighted by atomic mass is 10.1. The van der Waals surface area contributed by atoms with Crippen molar-refractivity contribution in [2.24, 2.45) is 10.9 Å². The predicted octanol–water partition coefficient (Wildman–Crippen LogP) is 1.91. The molecule has 9 heteroatoms. The van der Waals surface area contributed by atoms with Crippen LogP contribution in [0.1, 0.15) is 54.9 Å². The summed E-state index contributed by atoms with van der Waals surface area (Å²) in [6.45, 7) is 14.4. The maximum absolute atomic E-state index is 12.0. The summed E-state index contributed by atoms with van der Waals surface area (Å²) in [6, 6.07) is -0.226. The molecule has 0 saturated carbocycles. The summed E-state index contributed by atoms with van der Waals surface area (Å²) in [6.07, 6.45) is 1.26. The number of nitrogens with zero attached hydrogens (tertiary/aromatic N) is 1. The van der Waals surface area contributed by atoms with Crippen LogP contribution in [0.15, 0.2) is 4.99 Å². The molecule has 0 aromatic rings. The summed E-state index contributed by atoms with van der Waals surface area (Å²) < 4.78 is 27.9. The fraction of sp³-hybridized carbons (Fsp3) is 0.889. The third-order valence-electron chi connectivity index (χ3n) is 3.60. The van der Waals surface area contributed by atoms with E-state index in [1.54, 1.807) is 0 Å². The molecule has 0 rings (SSSR count). The van der Waals surface area contributed by atoms with Gasteiger partial charge in [0.15, 0.2) is 5.96 Å². The van der Waals surface area contributed by atoms with Crippen LogP contribution in [-0.4, -0.2) is 63.3 Å². The second kappa shape index (κ2) is 11.4. The number of hydrogen-bond donors (Lipinski definition) is 3. The van der Waals surface area contributed by atoms with Crippen LogP contribution in [0.5, 0.6) is 0 Å². The molecule has 2 unspecified atom stereocenters. The molecule has 0 saturated heterocycles. The van der Waals surface area contributed by atoms with Crippen LogP contribution in [0.2, 0.25) is 0 Å². The van der Waals surface area contributed by atoms with Crippen molar-refractivity contribution in [1.82, 2.24) is 16.0 Å². The number of nitrogens with one attached hydrogen (secondary N) is 3. The minimum atomic E-state index is -2.99. The molecule has 2 atom stereocenters. The molecular formula is C18H38N4O4S. The fourth-order valence-electron chi connectivity index (χ4n) is 2.09. The highest BCUT2D eigenvalue weighted by Gasteiger charge is 2.21. The lowest BCUT2D eigenvalue weighted by Gasteiger charge is -2.25. The zero-order valence-corrected chi connectivity index (χ0v) is 18.9. The second-order valence-corrected chi connectivity index (χ2v) is 10.4. The topological polar surface area (TPSA) is 109 Å². The van der Waals surface area contributed by atoms with Crippen molar-refractivity contribution in [3.05, 3.63) is 0 Å². The first-order valence-corrected chi connectivity index (χ1v) is 11.5. The Morgan fingerprint density at radius 2 is 1.74 bits per heavy atom. The minimum absolute atomic E-state index is 0.0474. The van der Waals surface area contributed by atoms with Crippen molar-refractivity contribution >= 4 is 21.9 Å². The molecule has 0 aromatic heterocycles. The standard InChI is InChI=1S/C18H38N4O4S/c1-9-19-16(21-14(4)10-11-27(8,24)25)20-12-15(13(2)3)22-17(23)26-18(5,6)7/h13-15H,9-12H2,1-8H3,(H,22,23)(H2,19,20,21). The monoisotopic (exact) mass is 406 g/mol. The Morgan fingerprint density at radius 3 is 2.19 bits per heavy atom. The Morgan fingerprint density at radius 1 is 1.15 bits per heavy atom. The van der Waals surface area contributed by atoms with Gasteiger partial charge < -0.3 is 20.7 Å². The maximum Gasteiger partial charge on any atom is 0.407 e. The Balaban J connectivity index is 4.89. The molecule has 0 radical (unpaired) electrons. The average Bonchev–Trinajstić information content (AvgIpc) is 2.46. The van der Waals surface area contributed by atoms with Crippen LogP contribution in [-0.2, 0) is 14.6 Å². The van der Waals surface area contributed by atoms with Crippen molar-refractivity contribution in [1.29, 1.82) is 0 Å². The second-order valence-electron chi connectivity index (χ2n) is 8.18. The lowest BCUT2D eigenvalue weighted by Crippen LogP contribution is -2.46. The van der Waals surface area contributed by atoms with Crippen LogP contribution in [0, 0.1) is 5.92 Å². The Kier molecular flexibility index (Phi) is 10.7. The molecule has 8 nitrogen and oxygen atoms in total. The van der Waals surface area contributed by atoms with E-state index in [4.69, 9.17) is 4.74 Å². The summed E-state index contributed by atoms with van der Waals surface area (Å²) in [5.41, 5.74) is -0.555. The van der Waals surface area contributed by atoms with Crippen LogP contribution in [0.25, 0.3) is 0 Å². The number of alkyl carbamates (subject to hydrolysis) is 1. The molecule has 0 bridgehead atoms. The number of aliphatic imine (C=N–C) groups is 1. The molecule has 160 valence electrons. The van der Waals surface area contributed by atoms with E-state index >= 15 is 0 Å². The molecule has 1 amide bonds. The van der Waals surface area contributed by atoms with Crippen molar-refractivity contribution in [2.75, 3.05) is 25.1 Å². The molecule has 27 heavy (non-hydrogen) atoms. The van der Waals surface area contributed by atoms with Gasteiger partial charge in [0.2, 0.25) is 0 Å². The van der Waals surface area contributed by atoms with Gasteiger partial charge in [-0.05, 0) is 47.0 Å². The molecule has 0 aliphatic heterocycles. The number of guanidine groups is 1. The number of sulfone groups is 1.